The van der Waals surface area contributed by atoms with Crippen LogP contribution in [0.15, 0.2) is 35.2 Å². The molecule has 1 amide bonds. The van der Waals surface area contributed by atoms with Crippen molar-refractivity contribution in [2.45, 2.75) is 6.04 Å². The minimum Gasteiger partial charge on any atom is -0.491 e. The van der Waals surface area contributed by atoms with E-state index in [-0.39, 0.29) is 24.2 Å². The van der Waals surface area contributed by atoms with Crippen LogP contribution in [0.5, 0.6) is 5.75 Å². The van der Waals surface area contributed by atoms with E-state index in [4.69, 9.17) is 4.74 Å². The molecule has 2 aromatic rings. The van der Waals surface area contributed by atoms with E-state index in [0.29, 0.717) is 10.2 Å². The van der Waals surface area contributed by atoms with Crippen molar-refractivity contribution in [2.75, 3.05) is 6.61 Å². The summed E-state index contributed by atoms with van der Waals surface area (Å²) in [6.07, 6.45) is 4.32. The molecule has 1 aliphatic heterocycles. The normalized spacial score (nSPS) is 16.4. The van der Waals surface area contributed by atoms with Crippen molar-refractivity contribution in [1.29, 1.82) is 0 Å². The topological polar surface area (TPSA) is 64.1 Å². The summed E-state index contributed by atoms with van der Waals surface area (Å²) in [7, 11) is 0. The molecule has 20 heavy (non-hydrogen) atoms. The highest BCUT2D eigenvalue weighted by molar-refractivity contribution is 9.10. The number of hydrogen-bond donors (Lipinski definition) is 1. The Morgan fingerprint density at radius 1 is 1.45 bits per heavy atom. The molecule has 0 unspecified atom stereocenters. The fourth-order valence-electron chi connectivity index (χ4n) is 1.97. The fourth-order valence-corrected chi connectivity index (χ4v) is 2.33. The summed E-state index contributed by atoms with van der Waals surface area (Å²) in [4.78, 5) is 19.8. The SMILES string of the molecule is O=C(N[C@H]1COc2cc(F)c(Br)cc21)c1cnccn1. The lowest BCUT2D eigenvalue weighted by atomic mass is 10.1. The predicted molar refractivity (Wildman–Crippen MR) is 71.8 cm³/mol. The average Bonchev–Trinajstić information content (AvgIpc) is 2.83. The maximum atomic E-state index is 13.4. The van der Waals surface area contributed by atoms with Crippen LogP contribution >= 0.6 is 15.9 Å². The molecular formula is C13H9BrFN3O2. The molecule has 0 spiro atoms. The van der Waals surface area contributed by atoms with E-state index in [1.54, 1.807) is 6.07 Å². The van der Waals surface area contributed by atoms with Gasteiger partial charge in [-0.15, -0.1) is 0 Å². The van der Waals surface area contributed by atoms with Crippen molar-refractivity contribution in [3.63, 3.8) is 0 Å². The molecule has 1 N–H and O–H groups in total. The lowest BCUT2D eigenvalue weighted by molar-refractivity contribution is 0.0925. The number of halogens is 2. The second-order valence-corrected chi connectivity index (χ2v) is 5.09. The molecule has 1 aliphatic rings. The second-order valence-electron chi connectivity index (χ2n) is 4.23. The lowest BCUT2D eigenvalue weighted by Crippen LogP contribution is -2.30. The molecule has 1 aromatic heterocycles. The van der Waals surface area contributed by atoms with Crippen LogP contribution in [0.3, 0.4) is 0 Å². The van der Waals surface area contributed by atoms with E-state index < -0.39 is 5.82 Å². The van der Waals surface area contributed by atoms with Crippen LogP contribution in [0.2, 0.25) is 0 Å². The summed E-state index contributed by atoms with van der Waals surface area (Å²) < 4.78 is 19.1. The Morgan fingerprint density at radius 2 is 2.30 bits per heavy atom. The van der Waals surface area contributed by atoms with Gasteiger partial charge < -0.3 is 10.1 Å². The highest BCUT2D eigenvalue weighted by atomic mass is 79.9. The van der Waals surface area contributed by atoms with E-state index in [9.17, 15) is 9.18 Å². The molecule has 1 aromatic carbocycles. The summed E-state index contributed by atoms with van der Waals surface area (Å²) in [5.41, 5.74) is 0.956. The Hall–Kier alpha value is -2.02. The number of rotatable bonds is 2. The molecule has 102 valence electrons. The molecular weight excluding hydrogens is 329 g/mol. The smallest absolute Gasteiger partial charge is 0.272 e. The molecule has 1 atom stereocenters. The van der Waals surface area contributed by atoms with Crippen molar-refractivity contribution in [3.05, 3.63) is 52.3 Å². The molecule has 5 nitrogen and oxygen atoms in total. The van der Waals surface area contributed by atoms with Crippen LogP contribution in [0.25, 0.3) is 0 Å². The van der Waals surface area contributed by atoms with E-state index >= 15 is 0 Å². The van der Waals surface area contributed by atoms with Gasteiger partial charge in [0.2, 0.25) is 0 Å². The number of benzene rings is 1. The van der Waals surface area contributed by atoms with Crippen LogP contribution < -0.4 is 10.1 Å². The maximum Gasteiger partial charge on any atom is 0.272 e. The summed E-state index contributed by atoms with van der Waals surface area (Å²) in [6, 6.07) is 2.57. The Kier molecular flexibility index (Phi) is 3.35. The van der Waals surface area contributed by atoms with Gasteiger partial charge in [0.05, 0.1) is 16.7 Å². The van der Waals surface area contributed by atoms with Crippen LogP contribution in [0, 0.1) is 5.82 Å². The van der Waals surface area contributed by atoms with Gasteiger partial charge in [0.15, 0.2) is 0 Å². The number of fused-ring (bicyclic) bond motifs is 1. The minimum atomic E-state index is -0.398. The molecule has 3 rings (SSSR count). The summed E-state index contributed by atoms with van der Waals surface area (Å²) >= 11 is 3.12. The van der Waals surface area contributed by atoms with Gasteiger partial charge in [-0.25, -0.2) is 9.37 Å². The van der Waals surface area contributed by atoms with Gasteiger partial charge in [-0.3, -0.25) is 9.78 Å². The minimum absolute atomic E-state index is 0.224. The zero-order chi connectivity index (χ0) is 14.1. The molecule has 0 radical (unpaired) electrons. The molecule has 0 bridgehead atoms. The van der Waals surface area contributed by atoms with Crippen molar-refractivity contribution in [2.24, 2.45) is 0 Å². The summed E-state index contributed by atoms with van der Waals surface area (Å²) in [6.45, 7) is 0.261. The predicted octanol–water partition coefficient (Wildman–Crippen LogP) is 2.24. The first-order valence-corrected chi connectivity index (χ1v) is 6.63. The molecule has 0 aliphatic carbocycles. The average molecular weight is 338 g/mol. The van der Waals surface area contributed by atoms with E-state index in [1.807, 2.05) is 0 Å². The van der Waals surface area contributed by atoms with Gasteiger partial charge in [-0.1, -0.05) is 0 Å². The molecule has 7 heteroatoms. The van der Waals surface area contributed by atoms with E-state index in [0.717, 1.165) is 5.56 Å². The largest absolute Gasteiger partial charge is 0.491 e. The Morgan fingerprint density at radius 3 is 3.05 bits per heavy atom. The number of carbonyl (C=O) groups is 1. The second kappa shape index (κ2) is 5.16. The van der Waals surface area contributed by atoms with E-state index in [2.05, 4.69) is 31.2 Å². The summed E-state index contributed by atoms with van der Waals surface area (Å²) in [5.74, 6) is -0.306. The van der Waals surface area contributed by atoms with Crippen molar-refractivity contribution >= 4 is 21.8 Å². The highest BCUT2D eigenvalue weighted by Gasteiger charge is 2.27. The number of amides is 1. The van der Waals surface area contributed by atoms with Crippen molar-refractivity contribution in [3.8, 4) is 5.75 Å². The molecule has 0 fully saturated rings. The Bertz CT molecular complexity index is 666. The number of nitrogens with zero attached hydrogens (tertiary/aromatic N) is 2. The third-order valence-corrected chi connectivity index (χ3v) is 3.54. The van der Waals surface area contributed by atoms with Crippen molar-refractivity contribution in [1.82, 2.24) is 15.3 Å². The first-order chi connectivity index (χ1) is 9.65. The van der Waals surface area contributed by atoms with Crippen LogP contribution in [-0.2, 0) is 0 Å². The maximum absolute atomic E-state index is 13.4. The number of aromatic nitrogens is 2. The van der Waals surface area contributed by atoms with Crippen LogP contribution in [0.4, 0.5) is 4.39 Å². The number of carbonyl (C=O) groups excluding carboxylic acids is 1. The zero-order valence-corrected chi connectivity index (χ0v) is 11.7. The highest BCUT2D eigenvalue weighted by Crippen LogP contribution is 2.36. The van der Waals surface area contributed by atoms with Gasteiger partial charge >= 0.3 is 0 Å². The van der Waals surface area contributed by atoms with E-state index in [1.165, 1.54) is 24.7 Å². The number of hydrogen-bond acceptors (Lipinski definition) is 4. The molecule has 2 heterocycles. The Labute approximate surface area is 122 Å². The third-order valence-electron chi connectivity index (χ3n) is 2.93. The van der Waals surface area contributed by atoms with Gasteiger partial charge in [0, 0.05) is 24.0 Å². The number of nitrogens with one attached hydrogen (secondary N) is 1. The van der Waals surface area contributed by atoms with Gasteiger partial charge in [0.1, 0.15) is 23.9 Å². The van der Waals surface area contributed by atoms with Gasteiger partial charge in [-0.05, 0) is 22.0 Å². The van der Waals surface area contributed by atoms with Crippen LogP contribution in [0.1, 0.15) is 22.1 Å². The monoisotopic (exact) mass is 337 g/mol. The lowest BCUT2D eigenvalue weighted by Gasteiger charge is -2.11. The summed E-state index contributed by atoms with van der Waals surface area (Å²) in [5, 5.41) is 2.79. The Balaban J connectivity index is 1.82. The van der Waals surface area contributed by atoms with Gasteiger partial charge in [-0.2, -0.15) is 0 Å². The first kappa shape index (κ1) is 13.0. The zero-order valence-electron chi connectivity index (χ0n) is 10.1. The van der Waals surface area contributed by atoms with Crippen LogP contribution in [-0.4, -0.2) is 22.5 Å². The molecule has 0 saturated heterocycles. The number of ether oxygens (including phenoxy) is 1. The molecule has 0 saturated carbocycles. The van der Waals surface area contributed by atoms with Gasteiger partial charge in [0.25, 0.3) is 5.91 Å². The third kappa shape index (κ3) is 2.36. The first-order valence-electron chi connectivity index (χ1n) is 5.84. The standard InChI is InChI=1S/C13H9BrFN3O2/c14-8-3-7-11(6-20-12(7)4-9(8)15)18-13(19)10-5-16-1-2-17-10/h1-5,11H,6H2,(H,18,19)/t11-/m0/s1. The quantitative estimate of drug-likeness (QED) is 0.912. The van der Waals surface area contributed by atoms with Crippen molar-refractivity contribution < 1.29 is 13.9 Å². The fraction of sp³-hybridized carbons (Fsp3) is 0.154.